The fourth-order valence-corrected chi connectivity index (χ4v) is 2.21. The van der Waals surface area contributed by atoms with Crippen LogP contribution in [0.2, 0.25) is 0 Å². The Morgan fingerprint density at radius 2 is 1.74 bits per heavy atom. The quantitative estimate of drug-likeness (QED) is 0.829. The van der Waals surface area contributed by atoms with E-state index in [1.165, 1.54) is 6.08 Å². The van der Waals surface area contributed by atoms with Crippen LogP contribution in [0.3, 0.4) is 0 Å². The molecule has 2 aromatic carbocycles. The highest BCUT2D eigenvalue weighted by Gasteiger charge is 2.08. The van der Waals surface area contributed by atoms with Crippen LogP contribution in [-0.4, -0.2) is 20.1 Å². The van der Waals surface area contributed by atoms with Gasteiger partial charge in [-0.2, -0.15) is 0 Å². The van der Waals surface area contributed by atoms with Crippen molar-refractivity contribution in [1.82, 2.24) is 5.32 Å². The first-order valence-electron chi connectivity index (χ1n) is 7.39. The Bertz CT molecular complexity index is 677. The summed E-state index contributed by atoms with van der Waals surface area (Å²) in [4.78, 5) is 12.1. The number of nitrogens with one attached hydrogen (secondary N) is 1. The van der Waals surface area contributed by atoms with E-state index in [1.807, 2.05) is 55.5 Å². The normalized spacial score (nSPS) is 12.0. The van der Waals surface area contributed by atoms with Crippen molar-refractivity contribution in [2.45, 2.75) is 13.0 Å². The van der Waals surface area contributed by atoms with E-state index in [4.69, 9.17) is 9.47 Å². The third-order valence-electron chi connectivity index (χ3n) is 3.53. The van der Waals surface area contributed by atoms with Gasteiger partial charge >= 0.3 is 0 Å². The molecule has 1 N–H and O–H groups in total. The second-order valence-electron chi connectivity index (χ2n) is 5.08. The fourth-order valence-electron chi connectivity index (χ4n) is 2.21. The number of carbonyl (C=O) groups excluding carboxylic acids is 1. The second-order valence-corrected chi connectivity index (χ2v) is 5.08. The first-order chi connectivity index (χ1) is 11.1. The Hall–Kier alpha value is -2.75. The summed E-state index contributed by atoms with van der Waals surface area (Å²) in [5.41, 5.74) is 1.88. The molecule has 0 aliphatic carbocycles. The van der Waals surface area contributed by atoms with E-state index in [9.17, 15) is 4.79 Å². The lowest BCUT2D eigenvalue weighted by molar-refractivity contribution is -0.117. The molecule has 4 heteroatoms. The third-order valence-corrected chi connectivity index (χ3v) is 3.53. The van der Waals surface area contributed by atoms with E-state index in [2.05, 4.69) is 5.32 Å². The SMILES string of the molecule is COc1ccc([C@H](C)NC(=O)/C=C/c2ccccc2OC)cc1. The smallest absolute Gasteiger partial charge is 0.244 e. The minimum Gasteiger partial charge on any atom is -0.497 e. The summed E-state index contributed by atoms with van der Waals surface area (Å²) in [5.74, 6) is 1.38. The molecule has 0 aliphatic heterocycles. The van der Waals surface area contributed by atoms with E-state index in [0.717, 1.165) is 22.6 Å². The Labute approximate surface area is 136 Å². The van der Waals surface area contributed by atoms with E-state index < -0.39 is 0 Å². The molecule has 0 saturated heterocycles. The maximum atomic E-state index is 12.1. The van der Waals surface area contributed by atoms with Gasteiger partial charge in [0.2, 0.25) is 5.91 Å². The van der Waals surface area contributed by atoms with Crippen molar-refractivity contribution in [3.8, 4) is 11.5 Å². The summed E-state index contributed by atoms with van der Waals surface area (Å²) < 4.78 is 10.4. The number of hydrogen-bond donors (Lipinski definition) is 1. The van der Waals surface area contributed by atoms with E-state index in [-0.39, 0.29) is 11.9 Å². The molecule has 4 nitrogen and oxygen atoms in total. The highest BCUT2D eigenvalue weighted by atomic mass is 16.5. The number of ether oxygens (including phenoxy) is 2. The van der Waals surface area contributed by atoms with E-state index in [1.54, 1.807) is 20.3 Å². The van der Waals surface area contributed by atoms with Crippen LogP contribution in [0.15, 0.2) is 54.6 Å². The lowest BCUT2D eigenvalue weighted by Gasteiger charge is -2.13. The van der Waals surface area contributed by atoms with Crippen LogP contribution in [0.5, 0.6) is 11.5 Å². The summed E-state index contributed by atoms with van der Waals surface area (Å²) in [6.07, 6.45) is 3.26. The zero-order valence-electron chi connectivity index (χ0n) is 13.6. The first kappa shape index (κ1) is 16.6. The number of rotatable bonds is 6. The molecular weight excluding hydrogens is 290 g/mol. The van der Waals surface area contributed by atoms with Crippen molar-refractivity contribution in [3.05, 3.63) is 65.7 Å². The predicted octanol–water partition coefficient (Wildman–Crippen LogP) is 3.59. The summed E-state index contributed by atoms with van der Waals surface area (Å²) in [6.45, 7) is 1.94. The Kier molecular flexibility index (Phi) is 5.80. The molecule has 120 valence electrons. The Morgan fingerprint density at radius 1 is 1.04 bits per heavy atom. The maximum absolute atomic E-state index is 12.1. The monoisotopic (exact) mass is 311 g/mol. The van der Waals surface area contributed by atoms with Crippen LogP contribution in [0.1, 0.15) is 24.1 Å². The zero-order valence-corrected chi connectivity index (χ0v) is 13.6. The van der Waals surface area contributed by atoms with Gasteiger partial charge in [0.1, 0.15) is 11.5 Å². The first-order valence-corrected chi connectivity index (χ1v) is 7.39. The molecule has 0 aliphatic rings. The molecule has 0 saturated carbocycles. The zero-order chi connectivity index (χ0) is 16.7. The lowest BCUT2D eigenvalue weighted by atomic mass is 10.1. The van der Waals surface area contributed by atoms with Crippen LogP contribution < -0.4 is 14.8 Å². The molecule has 0 radical (unpaired) electrons. The summed E-state index contributed by atoms with van der Waals surface area (Å²) >= 11 is 0. The van der Waals surface area contributed by atoms with Gasteiger partial charge in [-0.25, -0.2) is 0 Å². The van der Waals surface area contributed by atoms with Crippen molar-refractivity contribution in [3.63, 3.8) is 0 Å². The predicted molar refractivity (Wildman–Crippen MR) is 91.6 cm³/mol. The van der Waals surface area contributed by atoms with Crippen LogP contribution in [-0.2, 0) is 4.79 Å². The third kappa shape index (κ3) is 4.61. The number of amides is 1. The van der Waals surface area contributed by atoms with Gasteiger partial charge in [0.25, 0.3) is 0 Å². The number of carbonyl (C=O) groups is 1. The molecule has 2 rings (SSSR count). The summed E-state index contributed by atoms with van der Waals surface area (Å²) in [7, 11) is 3.24. The molecule has 0 bridgehead atoms. The van der Waals surface area contributed by atoms with E-state index in [0.29, 0.717) is 0 Å². The highest BCUT2D eigenvalue weighted by Crippen LogP contribution is 2.19. The average molecular weight is 311 g/mol. The highest BCUT2D eigenvalue weighted by molar-refractivity contribution is 5.92. The molecule has 2 aromatic rings. The fraction of sp³-hybridized carbons (Fsp3) is 0.211. The van der Waals surface area contributed by atoms with Crippen molar-refractivity contribution < 1.29 is 14.3 Å². The van der Waals surface area contributed by atoms with Gasteiger partial charge < -0.3 is 14.8 Å². The van der Waals surface area contributed by atoms with Crippen LogP contribution in [0.25, 0.3) is 6.08 Å². The topological polar surface area (TPSA) is 47.6 Å². The van der Waals surface area contributed by atoms with Crippen LogP contribution >= 0.6 is 0 Å². The van der Waals surface area contributed by atoms with Crippen molar-refractivity contribution in [1.29, 1.82) is 0 Å². The molecule has 1 atom stereocenters. The van der Waals surface area contributed by atoms with Gasteiger partial charge in [-0.3, -0.25) is 4.79 Å². The van der Waals surface area contributed by atoms with Gasteiger partial charge in [0.05, 0.1) is 20.3 Å². The van der Waals surface area contributed by atoms with Gasteiger partial charge in [0, 0.05) is 11.6 Å². The molecule has 23 heavy (non-hydrogen) atoms. The molecule has 0 fully saturated rings. The van der Waals surface area contributed by atoms with Gasteiger partial charge in [-0.15, -0.1) is 0 Å². The number of hydrogen-bond acceptors (Lipinski definition) is 3. The minimum atomic E-state index is -0.153. The lowest BCUT2D eigenvalue weighted by Crippen LogP contribution is -2.24. The molecule has 0 spiro atoms. The summed E-state index contributed by atoms with van der Waals surface area (Å²) in [5, 5.41) is 2.93. The molecule has 1 amide bonds. The van der Waals surface area contributed by atoms with Crippen molar-refractivity contribution in [2.75, 3.05) is 14.2 Å². The average Bonchev–Trinajstić information content (AvgIpc) is 2.60. The maximum Gasteiger partial charge on any atom is 0.244 e. The minimum absolute atomic E-state index is 0.0873. The van der Waals surface area contributed by atoms with Crippen molar-refractivity contribution in [2.24, 2.45) is 0 Å². The van der Waals surface area contributed by atoms with Crippen LogP contribution in [0, 0.1) is 0 Å². The number of benzene rings is 2. The largest absolute Gasteiger partial charge is 0.497 e. The standard InChI is InChI=1S/C19H21NO3/c1-14(15-8-11-17(22-2)12-9-15)20-19(21)13-10-16-6-4-5-7-18(16)23-3/h4-14H,1-3H3,(H,20,21)/b13-10+/t14-/m0/s1. The Morgan fingerprint density at radius 3 is 2.39 bits per heavy atom. The molecule has 0 unspecified atom stereocenters. The molecule has 0 aromatic heterocycles. The Balaban J connectivity index is 1.99. The van der Waals surface area contributed by atoms with E-state index >= 15 is 0 Å². The molecular formula is C19H21NO3. The second kappa shape index (κ2) is 8.03. The molecule has 0 heterocycles. The van der Waals surface area contributed by atoms with Gasteiger partial charge in [-0.1, -0.05) is 30.3 Å². The van der Waals surface area contributed by atoms with Crippen LogP contribution in [0.4, 0.5) is 0 Å². The van der Waals surface area contributed by atoms with Crippen molar-refractivity contribution >= 4 is 12.0 Å². The number of methoxy groups -OCH3 is 2. The van der Waals surface area contributed by atoms with Gasteiger partial charge in [-0.05, 0) is 36.8 Å². The summed E-state index contributed by atoms with van der Waals surface area (Å²) in [6, 6.07) is 15.1. The van der Waals surface area contributed by atoms with Gasteiger partial charge in [0.15, 0.2) is 0 Å². The number of para-hydroxylation sites is 1.